The van der Waals surface area contributed by atoms with Gasteiger partial charge in [-0.1, -0.05) is 30.6 Å². The van der Waals surface area contributed by atoms with Crippen molar-refractivity contribution in [1.82, 2.24) is 5.32 Å². The van der Waals surface area contributed by atoms with Crippen LogP contribution in [0.2, 0.25) is 0 Å². The molecule has 1 heteroatoms. The Morgan fingerprint density at radius 1 is 1.24 bits per heavy atom. The van der Waals surface area contributed by atoms with Crippen LogP contribution in [-0.2, 0) is 0 Å². The first-order valence-corrected chi connectivity index (χ1v) is 7.53. The Bertz CT molecular complexity index is 388. The van der Waals surface area contributed by atoms with Crippen LogP contribution in [0, 0.1) is 11.3 Å². The highest BCUT2D eigenvalue weighted by atomic mass is 15.0. The zero-order valence-electron chi connectivity index (χ0n) is 10.7. The van der Waals surface area contributed by atoms with Gasteiger partial charge < -0.3 is 5.32 Å². The summed E-state index contributed by atoms with van der Waals surface area (Å²) in [5, 5.41) is 3.82. The van der Waals surface area contributed by atoms with E-state index in [1.807, 2.05) is 5.57 Å². The summed E-state index contributed by atoms with van der Waals surface area (Å²) >= 11 is 0. The Kier molecular flexibility index (Phi) is 2.27. The molecule has 1 aliphatic heterocycles. The average Bonchev–Trinajstić information content (AvgIpc) is 2.39. The number of hydrogen-bond acceptors (Lipinski definition) is 1. The molecule has 1 saturated carbocycles. The lowest BCUT2D eigenvalue weighted by atomic mass is 9.52. The van der Waals surface area contributed by atoms with Crippen LogP contribution in [0.3, 0.4) is 0 Å². The van der Waals surface area contributed by atoms with Crippen LogP contribution in [0.1, 0.15) is 51.4 Å². The average molecular weight is 229 g/mol. The highest BCUT2D eigenvalue weighted by Crippen LogP contribution is 2.58. The van der Waals surface area contributed by atoms with E-state index in [4.69, 9.17) is 0 Å². The quantitative estimate of drug-likeness (QED) is 0.669. The predicted octanol–water partition coefficient (Wildman–Crippen LogP) is 3.58. The Hall–Kier alpha value is -0.560. The van der Waals surface area contributed by atoms with Crippen LogP contribution in [-0.4, -0.2) is 12.6 Å². The molecule has 0 aromatic heterocycles. The summed E-state index contributed by atoms with van der Waals surface area (Å²) in [6, 6.07) is 0.814. The van der Waals surface area contributed by atoms with E-state index >= 15 is 0 Å². The van der Waals surface area contributed by atoms with E-state index in [1.54, 1.807) is 5.57 Å². The molecule has 1 saturated heterocycles. The second kappa shape index (κ2) is 3.71. The normalized spacial score (nSPS) is 44.2. The van der Waals surface area contributed by atoms with Crippen LogP contribution in [0.5, 0.6) is 0 Å². The first-order chi connectivity index (χ1) is 8.40. The van der Waals surface area contributed by atoms with E-state index in [0.717, 1.165) is 12.0 Å². The summed E-state index contributed by atoms with van der Waals surface area (Å²) in [5.41, 5.74) is 4.20. The maximum Gasteiger partial charge on any atom is 0.0141 e. The van der Waals surface area contributed by atoms with E-state index in [9.17, 15) is 0 Å². The highest BCUT2D eigenvalue weighted by Gasteiger charge is 2.51. The zero-order chi connectivity index (χ0) is 11.3. The smallest absolute Gasteiger partial charge is 0.0141 e. The van der Waals surface area contributed by atoms with Crippen molar-refractivity contribution < 1.29 is 0 Å². The van der Waals surface area contributed by atoms with E-state index in [0.29, 0.717) is 5.41 Å². The minimum Gasteiger partial charge on any atom is -0.313 e. The molecule has 0 aromatic rings. The third-order valence-corrected chi connectivity index (χ3v) is 5.84. The first kappa shape index (κ1) is 10.4. The van der Waals surface area contributed by atoms with Gasteiger partial charge in [0.15, 0.2) is 0 Å². The molecule has 0 amide bonds. The lowest BCUT2D eigenvalue weighted by Crippen LogP contribution is -2.56. The van der Waals surface area contributed by atoms with E-state index in [2.05, 4.69) is 17.5 Å². The lowest BCUT2D eigenvalue weighted by Gasteiger charge is -2.57. The van der Waals surface area contributed by atoms with Crippen LogP contribution < -0.4 is 5.32 Å². The zero-order valence-corrected chi connectivity index (χ0v) is 10.7. The number of nitrogens with one attached hydrogen (secondary N) is 1. The van der Waals surface area contributed by atoms with Crippen LogP contribution >= 0.6 is 0 Å². The van der Waals surface area contributed by atoms with E-state index < -0.39 is 0 Å². The second-order valence-corrected chi connectivity index (χ2v) is 6.48. The van der Waals surface area contributed by atoms with Crippen molar-refractivity contribution in [1.29, 1.82) is 0 Å². The van der Waals surface area contributed by atoms with Gasteiger partial charge in [-0.3, -0.25) is 0 Å². The van der Waals surface area contributed by atoms with Gasteiger partial charge in [-0.15, -0.1) is 0 Å². The lowest BCUT2D eigenvalue weighted by molar-refractivity contribution is 0.0452. The fourth-order valence-electron chi connectivity index (χ4n) is 5.18. The van der Waals surface area contributed by atoms with Crippen molar-refractivity contribution in [2.24, 2.45) is 11.3 Å². The van der Waals surface area contributed by atoms with Crippen molar-refractivity contribution in [3.63, 3.8) is 0 Å². The van der Waals surface area contributed by atoms with Crippen molar-refractivity contribution in [3.8, 4) is 0 Å². The molecule has 17 heavy (non-hydrogen) atoms. The monoisotopic (exact) mass is 229 g/mol. The van der Waals surface area contributed by atoms with Gasteiger partial charge in [-0.05, 0) is 56.6 Å². The molecule has 1 nitrogen and oxygen atoms in total. The number of piperidine rings is 1. The summed E-state index contributed by atoms with van der Waals surface area (Å²) in [6.45, 7) is 1.26. The summed E-state index contributed by atoms with van der Waals surface area (Å²) in [5.74, 6) is 0.950. The summed E-state index contributed by atoms with van der Waals surface area (Å²) in [4.78, 5) is 0. The molecular weight excluding hydrogens is 206 g/mol. The van der Waals surface area contributed by atoms with Gasteiger partial charge in [0, 0.05) is 11.5 Å². The van der Waals surface area contributed by atoms with Crippen LogP contribution in [0.25, 0.3) is 0 Å². The largest absolute Gasteiger partial charge is 0.313 e. The molecule has 2 bridgehead atoms. The third kappa shape index (κ3) is 1.35. The van der Waals surface area contributed by atoms with Crippen molar-refractivity contribution in [2.45, 2.75) is 57.4 Å². The molecule has 3 atom stereocenters. The maximum absolute atomic E-state index is 3.82. The van der Waals surface area contributed by atoms with Crippen LogP contribution in [0.15, 0.2) is 23.3 Å². The third-order valence-electron chi connectivity index (χ3n) is 5.84. The van der Waals surface area contributed by atoms with Gasteiger partial charge >= 0.3 is 0 Å². The molecule has 0 radical (unpaired) electrons. The minimum absolute atomic E-state index is 0.596. The molecule has 1 N–H and O–H groups in total. The molecular formula is C16H23N. The fourth-order valence-corrected chi connectivity index (χ4v) is 5.18. The minimum atomic E-state index is 0.596. The molecule has 2 fully saturated rings. The Morgan fingerprint density at radius 3 is 3.24 bits per heavy atom. The second-order valence-electron chi connectivity index (χ2n) is 6.48. The van der Waals surface area contributed by atoms with Gasteiger partial charge in [0.1, 0.15) is 0 Å². The number of rotatable bonds is 0. The Morgan fingerprint density at radius 2 is 2.24 bits per heavy atom. The molecule has 4 rings (SSSR count). The van der Waals surface area contributed by atoms with Gasteiger partial charge in [0.2, 0.25) is 0 Å². The standard InChI is InChI=1S/C16H23N/c1-2-6-13-12(5-1)11-15-14-7-3-4-8-16(13,14)9-10-17-15/h2,6,14-15,17H,1,3-5,7-11H2/t14-,15+,16-/m0/s1. The molecule has 92 valence electrons. The topological polar surface area (TPSA) is 12.0 Å². The van der Waals surface area contributed by atoms with Crippen molar-refractivity contribution >= 4 is 0 Å². The molecule has 1 heterocycles. The van der Waals surface area contributed by atoms with Crippen molar-refractivity contribution in [3.05, 3.63) is 23.3 Å². The number of hydrogen-bond donors (Lipinski definition) is 1. The SMILES string of the molecule is C1=CC2=C(CC1)C[C@H]1NCC[C@@]23CCCC[C@@H]13. The van der Waals surface area contributed by atoms with Crippen molar-refractivity contribution in [2.75, 3.05) is 6.54 Å². The Labute approximate surface area is 104 Å². The van der Waals surface area contributed by atoms with Gasteiger partial charge in [0.05, 0.1) is 0 Å². The van der Waals surface area contributed by atoms with Gasteiger partial charge in [-0.25, -0.2) is 0 Å². The van der Waals surface area contributed by atoms with Crippen LogP contribution in [0.4, 0.5) is 0 Å². The summed E-state index contributed by atoms with van der Waals surface area (Å²) < 4.78 is 0. The fraction of sp³-hybridized carbons (Fsp3) is 0.750. The maximum atomic E-state index is 3.82. The molecule has 3 aliphatic carbocycles. The Balaban J connectivity index is 1.85. The van der Waals surface area contributed by atoms with E-state index in [-0.39, 0.29) is 0 Å². The first-order valence-electron chi connectivity index (χ1n) is 7.53. The van der Waals surface area contributed by atoms with Gasteiger partial charge in [0.25, 0.3) is 0 Å². The van der Waals surface area contributed by atoms with E-state index in [1.165, 1.54) is 57.9 Å². The number of allylic oxidation sites excluding steroid dienone is 3. The summed E-state index contributed by atoms with van der Waals surface area (Å²) in [6.07, 6.45) is 16.2. The van der Waals surface area contributed by atoms with Gasteiger partial charge in [-0.2, -0.15) is 0 Å². The molecule has 0 spiro atoms. The highest BCUT2D eigenvalue weighted by molar-refractivity contribution is 5.41. The predicted molar refractivity (Wildman–Crippen MR) is 70.8 cm³/mol. The molecule has 0 unspecified atom stereocenters. The molecule has 4 aliphatic rings. The molecule has 0 aromatic carbocycles. The summed E-state index contributed by atoms with van der Waals surface area (Å²) in [7, 11) is 0.